The summed E-state index contributed by atoms with van der Waals surface area (Å²) in [7, 11) is 3.42. The molecule has 4 aromatic rings. The molecule has 1 N–H and O–H groups in total. The Bertz CT molecular complexity index is 1240. The van der Waals surface area contributed by atoms with Crippen LogP contribution in [0.15, 0.2) is 59.3 Å². The van der Waals surface area contributed by atoms with Gasteiger partial charge in [0.2, 0.25) is 5.78 Å². The lowest BCUT2D eigenvalue weighted by molar-refractivity contribution is 0.0964. The van der Waals surface area contributed by atoms with Crippen molar-refractivity contribution in [2.24, 2.45) is 7.05 Å². The zero-order valence-electron chi connectivity index (χ0n) is 18.8. The normalized spacial score (nSPS) is 11.9. The second-order valence-electron chi connectivity index (χ2n) is 7.85. The summed E-state index contributed by atoms with van der Waals surface area (Å²) < 4.78 is 12.3. The summed E-state index contributed by atoms with van der Waals surface area (Å²) in [5, 5.41) is 12.0. The molecule has 2 heterocycles. The highest BCUT2D eigenvalue weighted by molar-refractivity contribution is 6.05. The van der Waals surface area contributed by atoms with Crippen LogP contribution in [0.3, 0.4) is 0 Å². The first-order valence-corrected chi connectivity index (χ1v) is 10.4. The van der Waals surface area contributed by atoms with Crippen LogP contribution < -0.4 is 10.1 Å². The van der Waals surface area contributed by atoms with Crippen molar-refractivity contribution in [3.8, 4) is 16.9 Å². The number of carbonyl (C=O) groups excluding carboxylic acids is 1. The lowest BCUT2D eigenvalue weighted by Gasteiger charge is -2.20. The summed E-state index contributed by atoms with van der Waals surface area (Å²) in [5.41, 5.74) is 5.33. The summed E-state index contributed by atoms with van der Waals surface area (Å²) in [6.07, 6.45) is 1.83. The number of Topliss-reactive ketones (excluding diaryl/α,β-unsaturated/α-hetero) is 1. The van der Waals surface area contributed by atoms with Crippen molar-refractivity contribution in [3.05, 3.63) is 83.0 Å². The maximum absolute atomic E-state index is 13.9. The molecule has 164 valence electrons. The lowest BCUT2D eigenvalue weighted by atomic mass is 9.95. The molecule has 0 fully saturated rings. The van der Waals surface area contributed by atoms with Gasteiger partial charge in [-0.05, 0) is 38.5 Å². The molecule has 0 bridgehead atoms. The molecule has 0 amide bonds. The van der Waals surface area contributed by atoms with E-state index >= 15 is 0 Å². The minimum atomic E-state index is -0.642. The molecule has 0 aliphatic heterocycles. The standard InChI is InChI=1S/C25H26N4O3/c1-15-9-11-18(12-10-15)23(26-19-7-6-8-20(13-19)31-5)25(30)24-21(14-29(4)27-24)22-16(2)28-32-17(22)3/h6-14,23,26H,1-5H3. The van der Waals surface area contributed by atoms with Crippen molar-refractivity contribution in [3.63, 3.8) is 0 Å². The van der Waals surface area contributed by atoms with Gasteiger partial charge in [0.05, 0.1) is 18.4 Å². The van der Waals surface area contributed by atoms with Gasteiger partial charge < -0.3 is 14.6 Å². The van der Waals surface area contributed by atoms with E-state index in [1.165, 1.54) is 0 Å². The van der Waals surface area contributed by atoms with Gasteiger partial charge in [-0.3, -0.25) is 9.48 Å². The number of hydrogen-bond donors (Lipinski definition) is 1. The summed E-state index contributed by atoms with van der Waals surface area (Å²) in [6, 6.07) is 14.8. The Hall–Kier alpha value is -3.87. The van der Waals surface area contributed by atoms with Crippen LogP contribution in [-0.2, 0) is 7.05 Å². The van der Waals surface area contributed by atoms with Gasteiger partial charge in [-0.2, -0.15) is 5.10 Å². The second kappa shape index (κ2) is 8.70. The number of ether oxygens (including phenoxy) is 1. The van der Waals surface area contributed by atoms with Crippen LogP contribution in [0.4, 0.5) is 5.69 Å². The predicted octanol–water partition coefficient (Wildman–Crippen LogP) is 5.05. The number of nitrogens with zero attached hydrogens (tertiary/aromatic N) is 3. The number of carbonyl (C=O) groups is 1. The van der Waals surface area contributed by atoms with E-state index in [0.29, 0.717) is 22.8 Å². The van der Waals surface area contributed by atoms with Crippen LogP contribution in [0.25, 0.3) is 11.1 Å². The van der Waals surface area contributed by atoms with Gasteiger partial charge in [0.15, 0.2) is 0 Å². The fraction of sp³-hybridized carbons (Fsp3) is 0.240. The molecular weight excluding hydrogens is 404 g/mol. The number of hydrogen-bond acceptors (Lipinski definition) is 6. The number of aromatic nitrogens is 3. The molecule has 0 aliphatic carbocycles. The molecule has 32 heavy (non-hydrogen) atoms. The van der Waals surface area contributed by atoms with Gasteiger partial charge in [-0.15, -0.1) is 0 Å². The maximum Gasteiger partial charge on any atom is 0.210 e. The van der Waals surface area contributed by atoms with Crippen molar-refractivity contribution in [1.29, 1.82) is 0 Å². The Balaban J connectivity index is 1.80. The summed E-state index contributed by atoms with van der Waals surface area (Å²) in [4.78, 5) is 13.9. The lowest BCUT2D eigenvalue weighted by Crippen LogP contribution is -2.22. The Kier molecular flexibility index (Phi) is 5.81. The quantitative estimate of drug-likeness (QED) is 0.414. The average Bonchev–Trinajstić information content (AvgIpc) is 3.33. The minimum Gasteiger partial charge on any atom is -0.497 e. The molecule has 0 saturated carbocycles. The van der Waals surface area contributed by atoms with Gasteiger partial charge in [0, 0.05) is 30.6 Å². The fourth-order valence-corrected chi connectivity index (χ4v) is 3.80. The van der Waals surface area contributed by atoms with E-state index in [0.717, 1.165) is 28.1 Å². The molecule has 0 saturated heterocycles. The minimum absolute atomic E-state index is 0.146. The first-order chi connectivity index (χ1) is 15.4. The smallest absolute Gasteiger partial charge is 0.210 e. The Morgan fingerprint density at radius 2 is 1.88 bits per heavy atom. The third kappa shape index (κ3) is 4.14. The number of aryl methyl sites for hydroxylation is 4. The van der Waals surface area contributed by atoms with Gasteiger partial charge in [-0.1, -0.05) is 41.1 Å². The SMILES string of the molecule is COc1cccc(NC(C(=O)c2nn(C)cc2-c2c(C)noc2C)c2ccc(C)cc2)c1. The predicted molar refractivity (Wildman–Crippen MR) is 123 cm³/mol. The van der Waals surface area contributed by atoms with E-state index in [2.05, 4.69) is 15.6 Å². The van der Waals surface area contributed by atoms with Crippen molar-refractivity contribution < 1.29 is 14.1 Å². The molecule has 7 nitrogen and oxygen atoms in total. The van der Waals surface area contributed by atoms with Gasteiger partial charge in [0.25, 0.3) is 0 Å². The molecule has 0 spiro atoms. The van der Waals surface area contributed by atoms with Crippen LogP contribution in [0.1, 0.15) is 39.1 Å². The first kappa shape index (κ1) is 21.4. The molecule has 0 aliphatic rings. The van der Waals surface area contributed by atoms with E-state index in [9.17, 15) is 4.79 Å². The largest absolute Gasteiger partial charge is 0.497 e. The molecule has 7 heteroatoms. The van der Waals surface area contributed by atoms with E-state index in [1.807, 2.05) is 75.5 Å². The van der Waals surface area contributed by atoms with Crippen molar-refractivity contribution in [2.75, 3.05) is 12.4 Å². The zero-order valence-corrected chi connectivity index (χ0v) is 18.8. The molecule has 2 aromatic heterocycles. The highest BCUT2D eigenvalue weighted by atomic mass is 16.5. The van der Waals surface area contributed by atoms with Crippen LogP contribution in [0.5, 0.6) is 5.75 Å². The average molecular weight is 431 g/mol. The van der Waals surface area contributed by atoms with Crippen LogP contribution in [0, 0.1) is 20.8 Å². The fourth-order valence-electron chi connectivity index (χ4n) is 3.80. The highest BCUT2D eigenvalue weighted by Gasteiger charge is 2.29. The third-order valence-corrected chi connectivity index (χ3v) is 5.42. The Labute approximate surface area is 187 Å². The number of anilines is 1. The third-order valence-electron chi connectivity index (χ3n) is 5.42. The topological polar surface area (TPSA) is 82.2 Å². The molecule has 2 aromatic carbocycles. The second-order valence-corrected chi connectivity index (χ2v) is 7.85. The zero-order chi connectivity index (χ0) is 22.8. The number of benzene rings is 2. The maximum atomic E-state index is 13.9. The monoisotopic (exact) mass is 430 g/mol. The number of rotatable bonds is 7. The van der Waals surface area contributed by atoms with Crippen LogP contribution in [0.2, 0.25) is 0 Å². The van der Waals surface area contributed by atoms with Gasteiger partial charge >= 0.3 is 0 Å². The van der Waals surface area contributed by atoms with Gasteiger partial charge in [0.1, 0.15) is 23.2 Å². The Morgan fingerprint density at radius 3 is 2.53 bits per heavy atom. The number of methoxy groups -OCH3 is 1. The molecule has 4 rings (SSSR count). The van der Waals surface area contributed by atoms with Crippen LogP contribution >= 0.6 is 0 Å². The first-order valence-electron chi connectivity index (χ1n) is 10.4. The van der Waals surface area contributed by atoms with E-state index in [4.69, 9.17) is 9.26 Å². The molecular formula is C25H26N4O3. The van der Waals surface area contributed by atoms with E-state index < -0.39 is 6.04 Å². The molecule has 1 atom stereocenters. The van der Waals surface area contributed by atoms with Gasteiger partial charge in [-0.25, -0.2) is 0 Å². The van der Waals surface area contributed by atoms with Crippen molar-refractivity contribution in [1.82, 2.24) is 14.9 Å². The molecule has 1 unspecified atom stereocenters. The Morgan fingerprint density at radius 1 is 1.12 bits per heavy atom. The summed E-state index contributed by atoms with van der Waals surface area (Å²) in [6.45, 7) is 5.71. The molecule has 0 radical (unpaired) electrons. The van der Waals surface area contributed by atoms with E-state index in [1.54, 1.807) is 18.8 Å². The summed E-state index contributed by atoms with van der Waals surface area (Å²) in [5.74, 6) is 1.21. The highest BCUT2D eigenvalue weighted by Crippen LogP contribution is 2.33. The number of ketones is 1. The summed E-state index contributed by atoms with van der Waals surface area (Å²) >= 11 is 0. The van der Waals surface area contributed by atoms with Crippen LogP contribution in [-0.4, -0.2) is 27.8 Å². The van der Waals surface area contributed by atoms with E-state index in [-0.39, 0.29) is 5.78 Å². The number of nitrogens with one attached hydrogen (secondary N) is 1. The van der Waals surface area contributed by atoms with Crippen molar-refractivity contribution >= 4 is 11.5 Å². The van der Waals surface area contributed by atoms with Crippen molar-refractivity contribution in [2.45, 2.75) is 26.8 Å².